The van der Waals surface area contributed by atoms with Gasteiger partial charge in [-0.05, 0) is 32.1 Å². The van der Waals surface area contributed by atoms with Gasteiger partial charge in [0.2, 0.25) is 11.8 Å². The van der Waals surface area contributed by atoms with E-state index in [1.165, 1.54) is 4.52 Å². The molecule has 5 rings (SSSR count). The van der Waals surface area contributed by atoms with Crippen molar-refractivity contribution in [1.29, 1.82) is 0 Å². The number of H-pyrrole nitrogens is 1. The third-order valence-corrected chi connectivity index (χ3v) is 6.95. The van der Waals surface area contributed by atoms with Crippen LogP contribution in [-0.4, -0.2) is 49.3 Å². The molecule has 2 aromatic heterocycles. The van der Waals surface area contributed by atoms with Gasteiger partial charge in [0, 0.05) is 37.4 Å². The SMILES string of the molecule is CC[C@@H](C)C(=O)N1CCC[C@@H]1c1cc2nc3c(c(=O)n2[nH]1)CN(C(=O)C1CC1)CC3. The summed E-state index contributed by atoms with van der Waals surface area (Å²) in [5.41, 5.74) is 2.73. The maximum atomic E-state index is 13.2. The largest absolute Gasteiger partial charge is 0.337 e. The van der Waals surface area contributed by atoms with Crippen molar-refractivity contribution in [3.8, 4) is 0 Å². The highest BCUT2D eigenvalue weighted by Crippen LogP contribution is 2.34. The molecule has 160 valence electrons. The zero-order valence-electron chi connectivity index (χ0n) is 17.7. The molecule has 1 saturated carbocycles. The number of rotatable bonds is 4. The molecule has 8 nitrogen and oxygen atoms in total. The number of likely N-dealkylation sites (tertiary alicyclic amines) is 1. The Labute approximate surface area is 175 Å². The van der Waals surface area contributed by atoms with Crippen molar-refractivity contribution in [2.24, 2.45) is 11.8 Å². The molecular weight excluding hydrogens is 382 g/mol. The summed E-state index contributed by atoms with van der Waals surface area (Å²) >= 11 is 0. The van der Waals surface area contributed by atoms with E-state index < -0.39 is 0 Å². The minimum absolute atomic E-state index is 0.00173. The van der Waals surface area contributed by atoms with Gasteiger partial charge in [-0.1, -0.05) is 13.8 Å². The Hall–Kier alpha value is -2.64. The Morgan fingerprint density at radius 3 is 2.80 bits per heavy atom. The smallest absolute Gasteiger partial charge is 0.277 e. The van der Waals surface area contributed by atoms with E-state index in [9.17, 15) is 14.4 Å². The maximum absolute atomic E-state index is 13.2. The molecule has 0 spiro atoms. The number of nitrogens with one attached hydrogen (secondary N) is 1. The number of aromatic nitrogens is 3. The van der Waals surface area contributed by atoms with E-state index in [4.69, 9.17) is 4.98 Å². The summed E-state index contributed by atoms with van der Waals surface area (Å²) in [6.45, 7) is 5.72. The lowest BCUT2D eigenvalue weighted by Crippen LogP contribution is -2.41. The van der Waals surface area contributed by atoms with Crippen molar-refractivity contribution < 1.29 is 9.59 Å². The van der Waals surface area contributed by atoms with Crippen LogP contribution in [0.15, 0.2) is 10.9 Å². The minimum atomic E-state index is -0.132. The standard InChI is InChI=1S/C22H29N5O3/c1-3-13(2)20(28)26-9-4-5-18(26)17-11-19-23-16-8-10-25(21(29)14-6-7-14)12-15(16)22(30)27(19)24-17/h11,13-14,18,24H,3-10,12H2,1-2H3/t13-,18-/m1/s1. The first-order valence-electron chi connectivity index (χ1n) is 11.2. The van der Waals surface area contributed by atoms with Crippen LogP contribution in [0.1, 0.15) is 68.9 Å². The van der Waals surface area contributed by atoms with Gasteiger partial charge in [-0.25, -0.2) is 9.50 Å². The van der Waals surface area contributed by atoms with E-state index in [0.717, 1.165) is 50.0 Å². The number of fused-ring (bicyclic) bond motifs is 2. The number of amides is 2. The molecule has 8 heteroatoms. The molecule has 1 aliphatic carbocycles. The number of aromatic amines is 1. The van der Waals surface area contributed by atoms with E-state index >= 15 is 0 Å². The van der Waals surface area contributed by atoms with Gasteiger partial charge >= 0.3 is 0 Å². The molecule has 4 heterocycles. The van der Waals surface area contributed by atoms with Crippen LogP contribution >= 0.6 is 0 Å². The molecule has 1 N–H and O–H groups in total. The van der Waals surface area contributed by atoms with Gasteiger partial charge in [0.15, 0.2) is 5.65 Å². The molecule has 2 aromatic rings. The molecule has 2 fully saturated rings. The Bertz CT molecular complexity index is 1070. The van der Waals surface area contributed by atoms with Crippen LogP contribution < -0.4 is 5.56 Å². The van der Waals surface area contributed by atoms with E-state index in [-0.39, 0.29) is 35.3 Å². The summed E-state index contributed by atoms with van der Waals surface area (Å²) in [7, 11) is 0. The van der Waals surface area contributed by atoms with Crippen LogP contribution in [0.5, 0.6) is 0 Å². The van der Waals surface area contributed by atoms with Crippen molar-refractivity contribution in [3.63, 3.8) is 0 Å². The summed E-state index contributed by atoms with van der Waals surface area (Å²) in [4.78, 5) is 46.9. The average molecular weight is 412 g/mol. The molecule has 0 unspecified atom stereocenters. The molecule has 2 amide bonds. The summed E-state index contributed by atoms with van der Waals surface area (Å²) in [6.07, 6.45) is 5.20. The summed E-state index contributed by atoms with van der Waals surface area (Å²) in [5.74, 6) is 0.493. The fraction of sp³-hybridized carbons (Fsp3) is 0.636. The topological polar surface area (TPSA) is 90.8 Å². The molecule has 3 aliphatic rings. The van der Waals surface area contributed by atoms with Crippen LogP contribution in [0.4, 0.5) is 0 Å². The second-order valence-corrected chi connectivity index (χ2v) is 9.03. The molecule has 2 atom stereocenters. The summed E-state index contributed by atoms with van der Waals surface area (Å²) < 4.78 is 1.49. The van der Waals surface area contributed by atoms with Gasteiger partial charge in [-0.3, -0.25) is 19.5 Å². The van der Waals surface area contributed by atoms with Crippen LogP contribution in [0.2, 0.25) is 0 Å². The van der Waals surface area contributed by atoms with Gasteiger partial charge in [0.05, 0.1) is 29.5 Å². The van der Waals surface area contributed by atoms with Crippen LogP contribution in [0.3, 0.4) is 0 Å². The van der Waals surface area contributed by atoms with Gasteiger partial charge in [0.25, 0.3) is 5.56 Å². The highest BCUT2D eigenvalue weighted by Gasteiger charge is 2.36. The lowest BCUT2D eigenvalue weighted by Gasteiger charge is -2.27. The van der Waals surface area contributed by atoms with E-state index in [1.807, 2.05) is 29.7 Å². The first-order chi connectivity index (χ1) is 14.5. The molecular formula is C22H29N5O3. The molecule has 30 heavy (non-hydrogen) atoms. The van der Waals surface area contributed by atoms with Gasteiger partial charge in [0.1, 0.15) is 0 Å². The Morgan fingerprint density at radius 1 is 1.27 bits per heavy atom. The molecule has 0 aromatic carbocycles. The fourth-order valence-corrected chi connectivity index (χ4v) is 4.76. The van der Waals surface area contributed by atoms with Crippen molar-refractivity contribution in [2.75, 3.05) is 13.1 Å². The average Bonchev–Trinajstić information content (AvgIpc) is 3.33. The van der Waals surface area contributed by atoms with Crippen LogP contribution in [-0.2, 0) is 22.6 Å². The van der Waals surface area contributed by atoms with Crippen molar-refractivity contribution in [3.05, 3.63) is 33.4 Å². The third-order valence-electron chi connectivity index (χ3n) is 6.95. The number of hydrogen-bond donors (Lipinski definition) is 1. The van der Waals surface area contributed by atoms with Gasteiger partial charge in [-0.15, -0.1) is 0 Å². The summed E-state index contributed by atoms with van der Waals surface area (Å²) in [6, 6.07) is 1.87. The second-order valence-electron chi connectivity index (χ2n) is 9.03. The Morgan fingerprint density at radius 2 is 2.07 bits per heavy atom. The number of nitrogens with zero attached hydrogens (tertiary/aromatic N) is 4. The predicted molar refractivity (Wildman–Crippen MR) is 111 cm³/mol. The second kappa shape index (κ2) is 7.25. The normalized spacial score (nSPS) is 22.4. The lowest BCUT2D eigenvalue weighted by molar-refractivity contribution is -0.136. The number of carbonyl (C=O) groups excluding carboxylic acids is 2. The van der Waals surface area contributed by atoms with E-state index in [1.54, 1.807) is 0 Å². The molecule has 2 aliphatic heterocycles. The quantitative estimate of drug-likeness (QED) is 0.833. The van der Waals surface area contributed by atoms with E-state index in [0.29, 0.717) is 30.7 Å². The first-order valence-corrected chi connectivity index (χ1v) is 11.2. The zero-order chi connectivity index (χ0) is 21.0. The lowest BCUT2D eigenvalue weighted by atomic mass is 10.1. The highest BCUT2D eigenvalue weighted by atomic mass is 16.2. The maximum Gasteiger partial charge on any atom is 0.277 e. The van der Waals surface area contributed by atoms with Crippen molar-refractivity contribution >= 4 is 17.5 Å². The highest BCUT2D eigenvalue weighted by molar-refractivity contribution is 5.81. The Kier molecular flexibility index (Phi) is 4.67. The zero-order valence-corrected chi connectivity index (χ0v) is 17.7. The van der Waals surface area contributed by atoms with Gasteiger partial charge < -0.3 is 9.80 Å². The molecule has 1 saturated heterocycles. The number of carbonyl (C=O) groups is 2. The predicted octanol–water partition coefficient (Wildman–Crippen LogP) is 2.03. The monoisotopic (exact) mass is 411 g/mol. The molecule has 0 radical (unpaired) electrons. The van der Waals surface area contributed by atoms with E-state index in [2.05, 4.69) is 5.10 Å². The first kappa shape index (κ1) is 19.3. The summed E-state index contributed by atoms with van der Waals surface area (Å²) in [5, 5.41) is 3.22. The molecule has 0 bridgehead atoms. The Balaban J connectivity index is 1.47. The minimum Gasteiger partial charge on any atom is -0.337 e. The van der Waals surface area contributed by atoms with Gasteiger partial charge in [-0.2, -0.15) is 0 Å². The fourth-order valence-electron chi connectivity index (χ4n) is 4.76. The van der Waals surface area contributed by atoms with Crippen molar-refractivity contribution in [1.82, 2.24) is 24.4 Å². The third kappa shape index (κ3) is 3.13. The van der Waals surface area contributed by atoms with Crippen LogP contribution in [0, 0.1) is 11.8 Å². The van der Waals surface area contributed by atoms with Crippen LogP contribution in [0.25, 0.3) is 5.65 Å². The van der Waals surface area contributed by atoms with Crippen molar-refractivity contribution in [2.45, 2.75) is 65.0 Å². The number of hydrogen-bond acceptors (Lipinski definition) is 4.